The summed E-state index contributed by atoms with van der Waals surface area (Å²) in [6, 6.07) is -1.10. The van der Waals surface area contributed by atoms with E-state index < -0.39 is 39.6 Å². The van der Waals surface area contributed by atoms with E-state index in [9.17, 15) is 22.0 Å². The highest BCUT2D eigenvalue weighted by atomic mass is 32.2. The van der Waals surface area contributed by atoms with Gasteiger partial charge in [0.1, 0.15) is 6.04 Å². The fraction of sp³-hybridized carbons (Fsp3) is 0.917. The van der Waals surface area contributed by atoms with E-state index in [0.29, 0.717) is 19.3 Å². The Bertz CT molecular complexity index is 480. The van der Waals surface area contributed by atoms with Gasteiger partial charge in [-0.1, -0.05) is 6.42 Å². The van der Waals surface area contributed by atoms with Crippen molar-refractivity contribution in [2.75, 3.05) is 12.3 Å². The third-order valence-electron chi connectivity index (χ3n) is 4.17. The summed E-state index contributed by atoms with van der Waals surface area (Å²) < 4.78 is 52.8. The van der Waals surface area contributed by atoms with E-state index in [0.717, 1.165) is 4.31 Å². The van der Waals surface area contributed by atoms with Gasteiger partial charge in [-0.25, -0.2) is 17.2 Å². The van der Waals surface area contributed by atoms with Crippen LogP contribution in [0.1, 0.15) is 38.5 Å². The number of hydrogen-bond acceptors (Lipinski definition) is 3. The van der Waals surface area contributed by atoms with Crippen molar-refractivity contribution in [3.63, 3.8) is 0 Å². The first-order valence-electron chi connectivity index (χ1n) is 6.84. The predicted molar refractivity (Wildman–Crippen MR) is 68.1 cm³/mol. The molecule has 20 heavy (non-hydrogen) atoms. The Morgan fingerprint density at radius 1 is 1.25 bits per heavy atom. The van der Waals surface area contributed by atoms with Gasteiger partial charge < -0.3 is 5.11 Å². The molecule has 0 aromatic rings. The molecule has 2 atom stereocenters. The number of halogens is 2. The Morgan fingerprint density at radius 2 is 1.95 bits per heavy atom. The van der Waals surface area contributed by atoms with Crippen molar-refractivity contribution in [3.05, 3.63) is 0 Å². The minimum absolute atomic E-state index is 0.109. The number of rotatable bonds is 4. The minimum atomic E-state index is -3.95. The van der Waals surface area contributed by atoms with Gasteiger partial charge in [0, 0.05) is 18.9 Å². The van der Waals surface area contributed by atoms with Crippen molar-refractivity contribution in [2.45, 2.75) is 50.5 Å². The zero-order valence-electron chi connectivity index (χ0n) is 11.1. The van der Waals surface area contributed by atoms with Crippen LogP contribution in [0.2, 0.25) is 0 Å². The fourth-order valence-corrected chi connectivity index (χ4v) is 5.14. The molecule has 2 fully saturated rings. The van der Waals surface area contributed by atoms with Gasteiger partial charge >= 0.3 is 5.97 Å². The van der Waals surface area contributed by atoms with Crippen LogP contribution < -0.4 is 0 Å². The summed E-state index contributed by atoms with van der Waals surface area (Å²) in [5, 5.41) is 9.00. The van der Waals surface area contributed by atoms with Gasteiger partial charge in [0.2, 0.25) is 10.0 Å². The third-order valence-corrected chi connectivity index (χ3v) is 6.14. The molecule has 1 heterocycles. The van der Waals surface area contributed by atoms with Crippen molar-refractivity contribution in [1.82, 2.24) is 4.31 Å². The maximum atomic E-state index is 13.7. The highest BCUT2D eigenvalue weighted by Gasteiger charge is 2.46. The maximum Gasteiger partial charge on any atom is 0.322 e. The van der Waals surface area contributed by atoms with Crippen LogP contribution in [0.3, 0.4) is 0 Å². The lowest BCUT2D eigenvalue weighted by Crippen LogP contribution is -2.45. The van der Waals surface area contributed by atoms with Gasteiger partial charge in [-0.05, 0) is 25.7 Å². The summed E-state index contributed by atoms with van der Waals surface area (Å²) >= 11 is 0. The van der Waals surface area contributed by atoms with E-state index in [1.165, 1.54) is 0 Å². The first-order valence-corrected chi connectivity index (χ1v) is 8.45. The third kappa shape index (κ3) is 3.11. The van der Waals surface area contributed by atoms with Crippen LogP contribution in [-0.4, -0.2) is 48.1 Å². The molecule has 2 aliphatic rings. The maximum absolute atomic E-state index is 13.7. The Hall–Kier alpha value is -0.760. The Morgan fingerprint density at radius 3 is 2.55 bits per heavy atom. The van der Waals surface area contributed by atoms with Crippen LogP contribution in [0.25, 0.3) is 0 Å². The number of nitrogens with zero attached hydrogens (tertiary/aromatic N) is 1. The Kier molecular flexibility index (Phi) is 4.34. The first-order chi connectivity index (χ1) is 9.24. The Labute approximate surface area is 117 Å². The van der Waals surface area contributed by atoms with Crippen molar-refractivity contribution in [1.29, 1.82) is 0 Å². The van der Waals surface area contributed by atoms with Gasteiger partial charge in [-0.3, -0.25) is 4.79 Å². The summed E-state index contributed by atoms with van der Waals surface area (Å²) in [7, 11) is -3.95. The van der Waals surface area contributed by atoms with Crippen molar-refractivity contribution in [2.24, 2.45) is 5.92 Å². The second kappa shape index (κ2) is 5.55. The molecule has 2 unspecified atom stereocenters. The second-order valence-electron chi connectivity index (χ2n) is 5.59. The van der Waals surface area contributed by atoms with Crippen LogP contribution in [-0.2, 0) is 14.8 Å². The molecule has 116 valence electrons. The number of carbonyl (C=O) groups is 1. The van der Waals surface area contributed by atoms with Crippen LogP contribution in [0, 0.1) is 5.92 Å². The van der Waals surface area contributed by atoms with Gasteiger partial charge in [0.15, 0.2) is 0 Å². The van der Waals surface area contributed by atoms with E-state index in [-0.39, 0.29) is 25.8 Å². The molecule has 0 radical (unpaired) electrons. The van der Waals surface area contributed by atoms with Crippen LogP contribution in [0.4, 0.5) is 8.78 Å². The molecule has 0 aromatic heterocycles. The van der Waals surface area contributed by atoms with Gasteiger partial charge in [0.25, 0.3) is 5.92 Å². The van der Waals surface area contributed by atoms with E-state index in [1.807, 2.05) is 0 Å². The molecule has 1 aliphatic carbocycles. The fourth-order valence-electron chi connectivity index (χ4n) is 3.04. The summed E-state index contributed by atoms with van der Waals surface area (Å²) in [6.07, 6.45) is 1.60. The smallest absolute Gasteiger partial charge is 0.322 e. The molecule has 0 bridgehead atoms. The van der Waals surface area contributed by atoms with Crippen LogP contribution >= 0.6 is 0 Å². The largest absolute Gasteiger partial charge is 0.480 e. The van der Waals surface area contributed by atoms with E-state index in [2.05, 4.69) is 0 Å². The molecule has 1 N–H and O–H groups in total. The average molecular weight is 311 g/mol. The molecule has 1 aliphatic heterocycles. The lowest BCUT2D eigenvalue weighted by atomic mass is 9.87. The van der Waals surface area contributed by atoms with Crippen LogP contribution in [0.5, 0.6) is 0 Å². The lowest BCUT2D eigenvalue weighted by Gasteiger charge is -2.32. The molecular weight excluding hydrogens is 292 g/mol. The van der Waals surface area contributed by atoms with Crippen molar-refractivity contribution in [3.8, 4) is 0 Å². The minimum Gasteiger partial charge on any atom is -0.480 e. The molecule has 0 aromatic carbocycles. The molecule has 5 nitrogen and oxygen atoms in total. The molecule has 0 amide bonds. The summed E-state index contributed by atoms with van der Waals surface area (Å²) in [6.45, 7) is 0.109. The molecular formula is C12H19F2NO4S. The van der Waals surface area contributed by atoms with Gasteiger partial charge in [0.05, 0.1) is 5.75 Å². The SMILES string of the molecule is O=C(O)C1CCCN1S(=O)(=O)CC1CCCCC1(F)F. The van der Waals surface area contributed by atoms with Crippen molar-refractivity contribution < 1.29 is 27.1 Å². The summed E-state index contributed by atoms with van der Waals surface area (Å²) in [5.74, 6) is -6.02. The van der Waals surface area contributed by atoms with E-state index in [1.54, 1.807) is 0 Å². The zero-order valence-corrected chi connectivity index (χ0v) is 11.9. The summed E-state index contributed by atoms with van der Waals surface area (Å²) in [4.78, 5) is 11.0. The van der Waals surface area contributed by atoms with Crippen LogP contribution in [0.15, 0.2) is 0 Å². The molecule has 0 spiro atoms. The van der Waals surface area contributed by atoms with E-state index in [4.69, 9.17) is 5.11 Å². The quantitative estimate of drug-likeness (QED) is 0.857. The first kappa shape index (κ1) is 15.6. The number of hydrogen-bond donors (Lipinski definition) is 1. The molecule has 1 saturated heterocycles. The van der Waals surface area contributed by atoms with Crippen molar-refractivity contribution >= 4 is 16.0 Å². The number of carboxylic acids is 1. The molecule has 2 rings (SSSR count). The number of aliphatic carboxylic acids is 1. The monoisotopic (exact) mass is 311 g/mol. The molecule has 8 heteroatoms. The molecule has 1 saturated carbocycles. The van der Waals surface area contributed by atoms with E-state index >= 15 is 0 Å². The Balaban J connectivity index is 2.12. The lowest BCUT2D eigenvalue weighted by molar-refractivity contribution is -0.140. The summed E-state index contributed by atoms with van der Waals surface area (Å²) in [5.41, 5.74) is 0. The predicted octanol–water partition coefficient (Wildman–Crippen LogP) is 1.69. The standard InChI is InChI=1S/C12H19F2NO4S/c13-12(14)6-2-1-4-9(12)8-20(18,19)15-7-3-5-10(15)11(16)17/h9-10H,1-8H2,(H,16,17). The van der Waals surface area contributed by atoms with Gasteiger partial charge in [-0.2, -0.15) is 4.31 Å². The number of sulfonamides is 1. The average Bonchev–Trinajstić information content (AvgIpc) is 2.81. The highest BCUT2D eigenvalue weighted by molar-refractivity contribution is 7.89. The zero-order chi connectivity index (χ0) is 15.0. The second-order valence-corrected chi connectivity index (χ2v) is 7.56. The number of alkyl halides is 2. The number of carboxylic acid groups (broad SMARTS) is 1. The topological polar surface area (TPSA) is 74.7 Å². The highest BCUT2D eigenvalue weighted by Crippen LogP contribution is 2.40. The normalized spacial score (nSPS) is 31.3. The van der Waals surface area contributed by atoms with Gasteiger partial charge in [-0.15, -0.1) is 0 Å².